The third-order valence-corrected chi connectivity index (χ3v) is 2.51. The molecular formula is C12H14N2O. The van der Waals surface area contributed by atoms with E-state index in [4.69, 9.17) is 0 Å². The molecule has 1 atom stereocenters. The molecule has 1 heterocycles. The van der Waals surface area contributed by atoms with E-state index in [1.807, 2.05) is 25.1 Å². The van der Waals surface area contributed by atoms with E-state index in [0.717, 1.165) is 17.8 Å². The van der Waals surface area contributed by atoms with Gasteiger partial charge in [-0.25, -0.2) is 0 Å². The van der Waals surface area contributed by atoms with Crippen molar-refractivity contribution in [2.45, 2.75) is 25.8 Å². The molecule has 1 N–H and O–H groups in total. The zero-order valence-corrected chi connectivity index (χ0v) is 8.73. The highest BCUT2D eigenvalue weighted by molar-refractivity contribution is 5.92. The van der Waals surface area contributed by atoms with Crippen LogP contribution < -0.4 is 5.32 Å². The first-order chi connectivity index (χ1) is 7.25. The molecule has 0 saturated carbocycles. The summed E-state index contributed by atoms with van der Waals surface area (Å²) in [5.74, 6) is 0.214. The molecule has 1 aromatic heterocycles. The van der Waals surface area contributed by atoms with E-state index < -0.39 is 0 Å². The zero-order valence-electron chi connectivity index (χ0n) is 8.73. The number of allylic oxidation sites excluding steroid dienone is 2. The molecule has 1 aliphatic rings. The monoisotopic (exact) mass is 202 g/mol. The summed E-state index contributed by atoms with van der Waals surface area (Å²) in [4.78, 5) is 15.3. The molecule has 2 rings (SSSR count). The van der Waals surface area contributed by atoms with Gasteiger partial charge < -0.3 is 5.32 Å². The maximum atomic E-state index is 11.0. The first-order valence-electron chi connectivity index (χ1n) is 5.16. The quantitative estimate of drug-likeness (QED) is 0.814. The Morgan fingerprint density at radius 1 is 1.40 bits per heavy atom. The molecule has 15 heavy (non-hydrogen) atoms. The summed E-state index contributed by atoms with van der Waals surface area (Å²) in [5.41, 5.74) is 2.02. The van der Waals surface area contributed by atoms with Gasteiger partial charge in [-0.2, -0.15) is 0 Å². The molecule has 1 aliphatic carbocycles. The van der Waals surface area contributed by atoms with Crippen molar-refractivity contribution in [1.29, 1.82) is 0 Å². The second-order valence-corrected chi connectivity index (χ2v) is 3.76. The van der Waals surface area contributed by atoms with Crippen LogP contribution in [-0.4, -0.2) is 10.8 Å². The Morgan fingerprint density at radius 3 is 2.87 bits per heavy atom. The van der Waals surface area contributed by atoms with E-state index in [9.17, 15) is 4.79 Å². The number of pyridine rings is 1. The van der Waals surface area contributed by atoms with Gasteiger partial charge in [-0.05, 0) is 25.5 Å². The Morgan fingerprint density at radius 2 is 2.27 bits per heavy atom. The predicted octanol–water partition coefficient (Wildman–Crippen LogP) is 1.98. The lowest BCUT2D eigenvalue weighted by molar-refractivity contribution is -0.114. The van der Waals surface area contributed by atoms with Gasteiger partial charge >= 0.3 is 0 Å². The summed E-state index contributed by atoms with van der Waals surface area (Å²) in [7, 11) is 0. The summed E-state index contributed by atoms with van der Waals surface area (Å²) >= 11 is 0. The molecule has 0 amide bonds. The van der Waals surface area contributed by atoms with Gasteiger partial charge in [0.25, 0.3) is 0 Å². The van der Waals surface area contributed by atoms with Crippen LogP contribution in [0.1, 0.15) is 31.5 Å². The summed E-state index contributed by atoms with van der Waals surface area (Å²) in [6.45, 7) is 2.05. The molecule has 3 nitrogen and oxygen atoms in total. The fraction of sp³-hybridized carbons (Fsp3) is 0.333. The summed E-state index contributed by atoms with van der Waals surface area (Å²) in [6.07, 6.45) is 4.94. The summed E-state index contributed by atoms with van der Waals surface area (Å²) in [5, 5.41) is 3.30. The van der Waals surface area contributed by atoms with Crippen LogP contribution in [0.15, 0.2) is 36.2 Å². The minimum atomic E-state index is 0.156. The van der Waals surface area contributed by atoms with Gasteiger partial charge in [-0.1, -0.05) is 6.07 Å². The van der Waals surface area contributed by atoms with Gasteiger partial charge in [0.2, 0.25) is 0 Å². The number of aromatic nitrogens is 1. The minimum Gasteiger partial charge on any atom is -0.380 e. The second-order valence-electron chi connectivity index (χ2n) is 3.76. The molecule has 1 unspecified atom stereocenters. The largest absolute Gasteiger partial charge is 0.380 e. The molecule has 3 heteroatoms. The Kier molecular flexibility index (Phi) is 2.81. The second kappa shape index (κ2) is 4.26. The number of nitrogens with one attached hydrogen (secondary N) is 1. The van der Waals surface area contributed by atoms with E-state index in [2.05, 4.69) is 10.3 Å². The number of hydrogen-bond donors (Lipinski definition) is 1. The van der Waals surface area contributed by atoms with Crippen LogP contribution in [-0.2, 0) is 4.79 Å². The highest BCUT2D eigenvalue weighted by Crippen LogP contribution is 2.17. The van der Waals surface area contributed by atoms with E-state index >= 15 is 0 Å². The van der Waals surface area contributed by atoms with E-state index in [-0.39, 0.29) is 11.8 Å². The van der Waals surface area contributed by atoms with Gasteiger partial charge in [0.1, 0.15) is 0 Å². The fourth-order valence-electron chi connectivity index (χ4n) is 1.69. The van der Waals surface area contributed by atoms with E-state index in [1.54, 1.807) is 12.3 Å². The summed E-state index contributed by atoms with van der Waals surface area (Å²) in [6, 6.07) is 6.00. The van der Waals surface area contributed by atoms with Gasteiger partial charge in [-0.3, -0.25) is 9.78 Å². The highest BCUT2D eigenvalue weighted by atomic mass is 16.1. The number of rotatable bonds is 3. The Hall–Kier alpha value is -1.64. The molecule has 0 radical (unpaired) electrons. The molecule has 1 aromatic rings. The van der Waals surface area contributed by atoms with Crippen LogP contribution >= 0.6 is 0 Å². The van der Waals surface area contributed by atoms with Crippen molar-refractivity contribution >= 4 is 5.78 Å². The van der Waals surface area contributed by atoms with Crippen molar-refractivity contribution in [2.75, 3.05) is 0 Å². The molecule has 78 valence electrons. The SMILES string of the molecule is CC(NC1=CC(=O)CC1)c1ccccn1. The first-order valence-corrected chi connectivity index (χ1v) is 5.16. The standard InChI is InChI=1S/C12H14N2O/c1-9(12-4-2-3-7-13-12)14-10-5-6-11(15)8-10/h2-4,7-9,14H,5-6H2,1H3. The van der Waals surface area contributed by atoms with Crippen molar-refractivity contribution in [3.8, 4) is 0 Å². The summed E-state index contributed by atoms with van der Waals surface area (Å²) < 4.78 is 0. The molecular weight excluding hydrogens is 188 g/mol. The average Bonchev–Trinajstić information content (AvgIpc) is 2.65. The number of carbonyl (C=O) groups excluding carboxylic acids is 1. The number of hydrogen-bond acceptors (Lipinski definition) is 3. The molecule has 0 bridgehead atoms. The average molecular weight is 202 g/mol. The maximum absolute atomic E-state index is 11.0. The minimum absolute atomic E-state index is 0.156. The van der Waals surface area contributed by atoms with Crippen LogP contribution in [0.25, 0.3) is 0 Å². The molecule has 0 fully saturated rings. The van der Waals surface area contributed by atoms with E-state index in [1.165, 1.54) is 0 Å². The van der Waals surface area contributed by atoms with Crippen molar-refractivity contribution < 1.29 is 4.79 Å². The van der Waals surface area contributed by atoms with Gasteiger partial charge in [0.05, 0.1) is 11.7 Å². The highest BCUT2D eigenvalue weighted by Gasteiger charge is 2.14. The number of ketones is 1. The molecule has 0 spiro atoms. The van der Waals surface area contributed by atoms with Crippen molar-refractivity contribution in [1.82, 2.24) is 10.3 Å². The van der Waals surface area contributed by atoms with Crippen LogP contribution in [0.2, 0.25) is 0 Å². The third-order valence-electron chi connectivity index (χ3n) is 2.51. The zero-order chi connectivity index (χ0) is 10.7. The Bertz CT molecular complexity index is 384. The normalized spacial score (nSPS) is 17.4. The van der Waals surface area contributed by atoms with Crippen LogP contribution in [0.3, 0.4) is 0 Å². The van der Waals surface area contributed by atoms with Crippen LogP contribution in [0.5, 0.6) is 0 Å². The lowest BCUT2D eigenvalue weighted by atomic mass is 10.2. The van der Waals surface area contributed by atoms with Crippen LogP contribution in [0, 0.1) is 0 Å². The maximum Gasteiger partial charge on any atom is 0.157 e. The lowest BCUT2D eigenvalue weighted by Gasteiger charge is -2.14. The Labute approximate surface area is 89.2 Å². The van der Waals surface area contributed by atoms with Gasteiger partial charge in [0, 0.05) is 24.4 Å². The Balaban J connectivity index is 2.01. The third kappa shape index (κ3) is 2.43. The smallest absolute Gasteiger partial charge is 0.157 e. The van der Waals surface area contributed by atoms with Gasteiger partial charge in [-0.15, -0.1) is 0 Å². The van der Waals surface area contributed by atoms with E-state index in [0.29, 0.717) is 6.42 Å². The van der Waals surface area contributed by atoms with Crippen LogP contribution in [0.4, 0.5) is 0 Å². The molecule has 0 saturated heterocycles. The molecule has 0 aliphatic heterocycles. The van der Waals surface area contributed by atoms with Crippen molar-refractivity contribution in [2.24, 2.45) is 0 Å². The number of nitrogens with zero attached hydrogens (tertiary/aromatic N) is 1. The first kappa shape index (κ1) is 9.90. The number of carbonyl (C=O) groups is 1. The lowest BCUT2D eigenvalue weighted by Crippen LogP contribution is -2.17. The van der Waals surface area contributed by atoms with Gasteiger partial charge in [0.15, 0.2) is 5.78 Å². The van der Waals surface area contributed by atoms with Crippen molar-refractivity contribution in [3.05, 3.63) is 41.9 Å². The molecule has 0 aromatic carbocycles. The fourth-order valence-corrected chi connectivity index (χ4v) is 1.69. The van der Waals surface area contributed by atoms with Crippen molar-refractivity contribution in [3.63, 3.8) is 0 Å². The predicted molar refractivity (Wildman–Crippen MR) is 58.1 cm³/mol. The topological polar surface area (TPSA) is 42.0 Å².